The Morgan fingerprint density at radius 2 is 1.08 bits per heavy atom. The molecule has 2 aromatic heterocycles. The number of aromatic nitrogens is 1. The molecule has 0 radical (unpaired) electrons. The van der Waals surface area contributed by atoms with Crippen LogP contribution in [0.4, 0.5) is 0 Å². The highest BCUT2D eigenvalue weighted by atomic mass is 31.2. The first-order valence-corrected chi connectivity index (χ1v) is 14.0. The summed E-state index contributed by atoms with van der Waals surface area (Å²) in [5.74, 6) is 0. The zero-order valence-corrected chi connectivity index (χ0v) is 20.8. The van der Waals surface area contributed by atoms with Crippen molar-refractivity contribution in [1.82, 2.24) is 4.98 Å². The molecule has 0 spiro atoms. The van der Waals surface area contributed by atoms with Crippen LogP contribution in [0.5, 0.6) is 0 Å². The second kappa shape index (κ2) is 8.58. The van der Waals surface area contributed by atoms with Gasteiger partial charge in [0.15, 0.2) is 7.14 Å². The van der Waals surface area contributed by atoms with Gasteiger partial charge in [-0.2, -0.15) is 0 Å². The first-order valence-electron chi connectivity index (χ1n) is 12.3. The van der Waals surface area contributed by atoms with Crippen LogP contribution in [0.15, 0.2) is 138 Å². The number of pyridine rings is 1. The molecule has 0 aliphatic carbocycles. The summed E-state index contributed by atoms with van der Waals surface area (Å²) in [5.41, 5.74) is 4.43. The molecule has 0 aliphatic heterocycles. The van der Waals surface area contributed by atoms with Gasteiger partial charge in [-0.05, 0) is 17.7 Å². The van der Waals surface area contributed by atoms with Crippen molar-refractivity contribution in [1.29, 1.82) is 0 Å². The van der Waals surface area contributed by atoms with Gasteiger partial charge in [0.25, 0.3) is 0 Å². The molecule has 0 N–H and O–H groups in total. The van der Waals surface area contributed by atoms with Crippen molar-refractivity contribution in [2.45, 2.75) is 0 Å². The van der Waals surface area contributed by atoms with Crippen molar-refractivity contribution in [3.05, 3.63) is 133 Å². The van der Waals surface area contributed by atoms with Gasteiger partial charge in [-0.25, -0.2) is 4.98 Å². The lowest BCUT2D eigenvalue weighted by atomic mass is 9.96. The summed E-state index contributed by atoms with van der Waals surface area (Å²) in [7, 11) is -3.04. The lowest BCUT2D eigenvalue weighted by Crippen LogP contribution is -2.24. The number of hydrogen-bond acceptors (Lipinski definition) is 3. The summed E-state index contributed by atoms with van der Waals surface area (Å²) in [6.45, 7) is 0. The van der Waals surface area contributed by atoms with E-state index in [1.807, 2.05) is 109 Å². The Balaban J connectivity index is 1.48. The Morgan fingerprint density at radius 1 is 0.541 bits per heavy atom. The molecule has 0 atom stereocenters. The number of para-hydroxylation sites is 2. The predicted molar refractivity (Wildman–Crippen MR) is 154 cm³/mol. The molecule has 0 bridgehead atoms. The van der Waals surface area contributed by atoms with Gasteiger partial charge in [-0.3, -0.25) is 0 Å². The van der Waals surface area contributed by atoms with E-state index in [0.717, 1.165) is 54.3 Å². The van der Waals surface area contributed by atoms with Crippen LogP contribution in [0, 0.1) is 0 Å². The standard InChI is InChI=1S/C33H22NO2P/c35-37(24-11-3-1-4-12-24,25-13-5-2-6-14-25)26-21-19-23(20-22-26)31-27-15-7-9-17-29(27)34-33-32(31)28-16-8-10-18-30(28)36-33/h1-22H. The molecule has 0 aliphatic rings. The highest BCUT2D eigenvalue weighted by Gasteiger charge is 2.29. The quantitative estimate of drug-likeness (QED) is 0.238. The first-order chi connectivity index (χ1) is 18.2. The van der Waals surface area contributed by atoms with Gasteiger partial charge >= 0.3 is 0 Å². The maximum absolute atomic E-state index is 14.8. The number of nitrogens with zero attached hydrogens (tertiary/aromatic N) is 1. The van der Waals surface area contributed by atoms with Crippen molar-refractivity contribution >= 4 is 56.0 Å². The van der Waals surface area contributed by atoms with Crippen molar-refractivity contribution in [2.24, 2.45) is 0 Å². The van der Waals surface area contributed by atoms with Crippen LogP contribution in [-0.2, 0) is 4.57 Å². The minimum absolute atomic E-state index is 0.623. The van der Waals surface area contributed by atoms with E-state index >= 15 is 0 Å². The van der Waals surface area contributed by atoms with E-state index in [9.17, 15) is 4.57 Å². The Labute approximate surface area is 214 Å². The number of hydrogen-bond donors (Lipinski definition) is 0. The lowest BCUT2D eigenvalue weighted by Gasteiger charge is -2.20. The molecule has 0 saturated heterocycles. The molecular weight excluding hydrogens is 473 g/mol. The van der Waals surface area contributed by atoms with Gasteiger partial charge in [-0.15, -0.1) is 0 Å². The maximum atomic E-state index is 14.8. The molecule has 3 nitrogen and oxygen atoms in total. The number of fused-ring (bicyclic) bond motifs is 4. The Kier molecular flexibility index (Phi) is 5.06. The Morgan fingerprint density at radius 3 is 1.76 bits per heavy atom. The van der Waals surface area contributed by atoms with Crippen LogP contribution in [0.3, 0.4) is 0 Å². The van der Waals surface area contributed by atoms with Crippen LogP contribution < -0.4 is 15.9 Å². The van der Waals surface area contributed by atoms with Gasteiger partial charge < -0.3 is 8.98 Å². The van der Waals surface area contributed by atoms with E-state index < -0.39 is 7.14 Å². The monoisotopic (exact) mass is 495 g/mol. The lowest BCUT2D eigenvalue weighted by molar-refractivity contribution is 0.592. The summed E-state index contributed by atoms with van der Waals surface area (Å²) in [6, 6.07) is 43.9. The predicted octanol–water partition coefficient (Wildman–Crippen LogP) is 7.44. The van der Waals surface area contributed by atoms with Crippen molar-refractivity contribution < 1.29 is 8.98 Å². The SMILES string of the molecule is O=P(c1ccccc1)(c1ccccc1)c1ccc(-c2c3ccccc3nc3oc4ccccc4c23)cc1. The Bertz CT molecular complexity index is 1900. The minimum Gasteiger partial charge on any atom is -0.438 e. The summed E-state index contributed by atoms with van der Waals surface area (Å²) in [4.78, 5) is 4.83. The van der Waals surface area contributed by atoms with Crippen LogP contribution in [0.25, 0.3) is 44.1 Å². The maximum Gasteiger partial charge on any atom is 0.228 e. The highest BCUT2D eigenvalue weighted by molar-refractivity contribution is 7.85. The second-order valence-corrected chi connectivity index (χ2v) is 11.9. The number of benzene rings is 5. The van der Waals surface area contributed by atoms with E-state index in [1.165, 1.54) is 0 Å². The summed E-state index contributed by atoms with van der Waals surface area (Å²) < 4.78 is 21.0. The van der Waals surface area contributed by atoms with Crippen molar-refractivity contribution in [3.63, 3.8) is 0 Å². The third-order valence-electron chi connectivity index (χ3n) is 6.98. The fourth-order valence-electron chi connectivity index (χ4n) is 5.24. The molecule has 7 rings (SSSR count). The normalized spacial score (nSPS) is 11.9. The van der Waals surface area contributed by atoms with Gasteiger partial charge in [0, 0.05) is 32.2 Å². The van der Waals surface area contributed by atoms with Gasteiger partial charge in [0.1, 0.15) is 5.58 Å². The minimum atomic E-state index is -3.04. The van der Waals surface area contributed by atoms with E-state index in [2.05, 4.69) is 24.3 Å². The van der Waals surface area contributed by atoms with Crippen LogP contribution in [0.2, 0.25) is 0 Å². The first kappa shape index (κ1) is 21.8. The molecule has 2 heterocycles. The number of furan rings is 1. The molecule has 37 heavy (non-hydrogen) atoms. The van der Waals surface area contributed by atoms with Crippen LogP contribution in [0.1, 0.15) is 0 Å². The van der Waals surface area contributed by atoms with Crippen LogP contribution in [-0.4, -0.2) is 4.98 Å². The van der Waals surface area contributed by atoms with E-state index in [4.69, 9.17) is 9.40 Å². The molecule has 4 heteroatoms. The van der Waals surface area contributed by atoms with E-state index in [1.54, 1.807) is 0 Å². The largest absolute Gasteiger partial charge is 0.438 e. The summed E-state index contributed by atoms with van der Waals surface area (Å²) in [6.07, 6.45) is 0. The van der Waals surface area contributed by atoms with Crippen molar-refractivity contribution in [3.8, 4) is 11.1 Å². The van der Waals surface area contributed by atoms with Gasteiger partial charge in [0.2, 0.25) is 5.71 Å². The molecule has 7 aromatic rings. The Hall–Kier alpha value is -4.46. The summed E-state index contributed by atoms with van der Waals surface area (Å²) in [5, 5.41) is 5.55. The molecule has 5 aromatic carbocycles. The van der Waals surface area contributed by atoms with E-state index in [-0.39, 0.29) is 0 Å². The third-order valence-corrected chi connectivity index (χ3v) is 10.1. The summed E-state index contributed by atoms with van der Waals surface area (Å²) >= 11 is 0. The molecular formula is C33H22NO2P. The fourth-order valence-corrected chi connectivity index (χ4v) is 7.89. The molecule has 0 unspecified atom stereocenters. The molecule has 0 fully saturated rings. The van der Waals surface area contributed by atoms with Crippen LogP contribution >= 0.6 is 7.14 Å². The number of rotatable bonds is 4. The average molecular weight is 496 g/mol. The molecule has 176 valence electrons. The zero-order chi connectivity index (χ0) is 24.8. The van der Waals surface area contributed by atoms with Gasteiger partial charge in [-0.1, -0.05) is 121 Å². The molecule has 0 amide bonds. The fraction of sp³-hybridized carbons (Fsp3) is 0. The van der Waals surface area contributed by atoms with Crippen molar-refractivity contribution in [2.75, 3.05) is 0 Å². The smallest absolute Gasteiger partial charge is 0.228 e. The highest BCUT2D eigenvalue weighted by Crippen LogP contribution is 2.44. The zero-order valence-electron chi connectivity index (χ0n) is 19.9. The topological polar surface area (TPSA) is 43.1 Å². The van der Waals surface area contributed by atoms with Gasteiger partial charge in [0.05, 0.1) is 10.9 Å². The second-order valence-electron chi connectivity index (χ2n) is 9.11. The average Bonchev–Trinajstić information content (AvgIpc) is 3.34. The third kappa shape index (κ3) is 3.43. The molecule has 0 saturated carbocycles. The van der Waals surface area contributed by atoms with E-state index in [0.29, 0.717) is 5.71 Å².